The van der Waals surface area contributed by atoms with E-state index in [9.17, 15) is 4.79 Å². The third-order valence-corrected chi connectivity index (χ3v) is 2.27. The maximum Gasteiger partial charge on any atom is 0.333 e. The van der Waals surface area contributed by atoms with Crippen LogP contribution < -0.4 is 0 Å². The molecular formula is C14H22O2. The van der Waals surface area contributed by atoms with Crippen molar-refractivity contribution >= 4 is 5.97 Å². The molecular weight excluding hydrogens is 200 g/mol. The van der Waals surface area contributed by atoms with E-state index in [-0.39, 0.29) is 11.9 Å². The van der Waals surface area contributed by atoms with Crippen LogP contribution in [0.1, 0.15) is 34.1 Å². The van der Waals surface area contributed by atoms with Gasteiger partial charge in [0.25, 0.3) is 0 Å². The minimum atomic E-state index is -0.330. The smallest absolute Gasteiger partial charge is 0.333 e. The van der Waals surface area contributed by atoms with E-state index in [0.29, 0.717) is 12.2 Å². The second-order valence-electron chi connectivity index (χ2n) is 4.44. The van der Waals surface area contributed by atoms with Crippen molar-refractivity contribution in [3.8, 4) is 0 Å². The molecule has 0 aromatic carbocycles. The fraction of sp³-hybridized carbons (Fsp3) is 0.500. The average molecular weight is 222 g/mol. The zero-order valence-electron chi connectivity index (χ0n) is 10.8. The highest BCUT2D eigenvalue weighted by Crippen LogP contribution is 2.16. The SMILES string of the molecule is C=C(C)C(=O)OCC(CC=C(C)C)C(=C)C. The third kappa shape index (κ3) is 6.23. The van der Waals surface area contributed by atoms with Crippen LogP contribution >= 0.6 is 0 Å². The van der Waals surface area contributed by atoms with Crippen LogP contribution in [-0.2, 0) is 9.53 Å². The van der Waals surface area contributed by atoms with Crippen LogP contribution in [0.25, 0.3) is 0 Å². The third-order valence-electron chi connectivity index (χ3n) is 2.27. The largest absolute Gasteiger partial charge is 0.462 e. The lowest BCUT2D eigenvalue weighted by Crippen LogP contribution is -2.15. The monoisotopic (exact) mass is 222 g/mol. The number of hydrogen-bond acceptors (Lipinski definition) is 2. The quantitative estimate of drug-likeness (QED) is 0.389. The molecule has 16 heavy (non-hydrogen) atoms. The van der Waals surface area contributed by atoms with Gasteiger partial charge in [0.05, 0.1) is 6.61 Å². The Morgan fingerprint density at radius 1 is 1.25 bits per heavy atom. The fourth-order valence-corrected chi connectivity index (χ4v) is 1.09. The Kier molecular flexibility index (Phi) is 6.47. The average Bonchev–Trinajstić information content (AvgIpc) is 2.15. The second-order valence-corrected chi connectivity index (χ2v) is 4.44. The first-order valence-corrected chi connectivity index (χ1v) is 5.46. The van der Waals surface area contributed by atoms with E-state index >= 15 is 0 Å². The highest BCUT2D eigenvalue weighted by atomic mass is 16.5. The van der Waals surface area contributed by atoms with Crippen LogP contribution in [0.5, 0.6) is 0 Å². The van der Waals surface area contributed by atoms with Gasteiger partial charge in [-0.1, -0.05) is 30.4 Å². The molecule has 0 saturated carbocycles. The summed E-state index contributed by atoms with van der Waals surface area (Å²) in [6, 6.07) is 0. The first-order chi connectivity index (χ1) is 7.34. The molecule has 0 fully saturated rings. The normalized spacial score (nSPS) is 11.5. The van der Waals surface area contributed by atoms with Crippen LogP contribution in [0.15, 0.2) is 36.0 Å². The number of rotatable bonds is 6. The zero-order valence-corrected chi connectivity index (χ0v) is 10.8. The van der Waals surface area contributed by atoms with Crippen molar-refractivity contribution in [3.63, 3.8) is 0 Å². The summed E-state index contributed by atoms with van der Waals surface area (Å²) in [5, 5.41) is 0. The minimum absolute atomic E-state index is 0.193. The molecule has 0 N–H and O–H groups in total. The topological polar surface area (TPSA) is 26.3 Å². The van der Waals surface area contributed by atoms with Gasteiger partial charge in [-0.2, -0.15) is 0 Å². The highest BCUT2D eigenvalue weighted by molar-refractivity contribution is 5.86. The van der Waals surface area contributed by atoms with Crippen LogP contribution in [0.4, 0.5) is 0 Å². The number of hydrogen-bond donors (Lipinski definition) is 0. The van der Waals surface area contributed by atoms with Gasteiger partial charge in [0.2, 0.25) is 0 Å². The van der Waals surface area contributed by atoms with Crippen molar-refractivity contribution < 1.29 is 9.53 Å². The van der Waals surface area contributed by atoms with Crippen LogP contribution in [0, 0.1) is 5.92 Å². The summed E-state index contributed by atoms with van der Waals surface area (Å²) < 4.78 is 5.13. The molecule has 0 aromatic rings. The van der Waals surface area contributed by atoms with Gasteiger partial charge in [-0.15, -0.1) is 0 Å². The Morgan fingerprint density at radius 3 is 2.19 bits per heavy atom. The summed E-state index contributed by atoms with van der Waals surface area (Å²) in [5.74, 6) is -0.137. The first-order valence-electron chi connectivity index (χ1n) is 5.46. The van der Waals surface area contributed by atoms with E-state index < -0.39 is 0 Å². The number of esters is 1. The Morgan fingerprint density at radius 2 is 1.81 bits per heavy atom. The summed E-state index contributed by atoms with van der Waals surface area (Å²) in [4.78, 5) is 11.2. The molecule has 0 saturated heterocycles. The van der Waals surface area contributed by atoms with Crippen molar-refractivity contribution in [2.24, 2.45) is 5.92 Å². The van der Waals surface area contributed by atoms with E-state index in [1.54, 1.807) is 6.92 Å². The van der Waals surface area contributed by atoms with Gasteiger partial charge in [0, 0.05) is 11.5 Å². The van der Waals surface area contributed by atoms with Crippen molar-refractivity contribution in [2.45, 2.75) is 34.1 Å². The molecule has 0 aliphatic heterocycles. The Hall–Kier alpha value is -1.31. The van der Waals surface area contributed by atoms with E-state index in [1.807, 2.05) is 6.92 Å². The molecule has 0 amide bonds. The van der Waals surface area contributed by atoms with Gasteiger partial charge in [-0.05, 0) is 34.1 Å². The molecule has 0 aliphatic carbocycles. The predicted octanol–water partition coefficient (Wildman–Crippen LogP) is 3.65. The molecule has 90 valence electrons. The molecule has 0 spiro atoms. The van der Waals surface area contributed by atoms with E-state index in [1.165, 1.54) is 5.57 Å². The van der Waals surface area contributed by atoms with Crippen molar-refractivity contribution in [3.05, 3.63) is 36.0 Å². The van der Waals surface area contributed by atoms with E-state index in [4.69, 9.17) is 4.74 Å². The molecule has 0 radical (unpaired) electrons. The number of ether oxygens (including phenoxy) is 1. The summed E-state index contributed by atoms with van der Waals surface area (Å²) in [6.45, 7) is 15.5. The van der Waals surface area contributed by atoms with Crippen LogP contribution in [0.3, 0.4) is 0 Å². The van der Waals surface area contributed by atoms with Gasteiger partial charge in [0.1, 0.15) is 0 Å². The first kappa shape index (κ1) is 14.7. The molecule has 0 rings (SSSR count). The number of carbonyl (C=O) groups is 1. The number of carbonyl (C=O) groups excluding carboxylic acids is 1. The summed E-state index contributed by atoms with van der Waals surface area (Å²) in [6.07, 6.45) is 3.00. The maximum atomic E-state index is 11.2. The Labute approximate surface area is 98.7 Å². The van der Waals surface area contributed by atoms with Gasteiger partial charge in [-0.25, -0.2) is 4.79 Å². The molecule has 1 atom stereocenters. The molecule has 0 heterocycles. The summed E-state index contributed by atoms with van der Waals surface area (Å²) in [7, 11) is 0. The van der Waals surface area contributed by atoms with Crippen molar-refractivity contribution in [2.75, 3.05) is 6.61 Å². The summed E-state index contributed by atoms with van der Waals surface area (Å²) >= 11 is 0. The molecule has 1 unspecified atom stereocenters. The fourth-order valence-electron chi connectivity index (χ4n) is 1.09. The minimum Gasteiger partial charge on any atom is -0.462 e. The second kappa shape index (κ2) is 7.04. The lowest BCUT2D eigenvalue weighted by atomic mass is 9.98. The van der Waals surface area contributed by atoms with Gasteiger partial charge >= 0.3 is 5.97 Å². The highest BCUT2D eigenvalue weighted by Gasteiger charge is 2.11. The van der Waals surface area contributed by atoms with Crippen LogP contribution in [0.2, 0.25) is 0 Å². The van der Waals surface area contributed by atoms with Crippen LogP contribution in [-0.4, -0.2) is 12.6 Å². The zero-order chi connectivity index (χ0) is 12.7. The molecule has 0 aromatic heterocycles. The van der Waals surface area contributed by atoms with Crippen molar-refractivity contribution in [1.82, 2.24) is 0 Å². The van der Waals surface area contributed by atoms with Gasteiger partial charge in [0.15, 0.2) is 0 Å². The Balaban J connectivity index is 4.25. The van der Waals surface area contributed by atoms with Crippen molar-refractivity contribution in [1.29, 1.82) is 0 Å². The summed E-state index contributed by atoms with van der Waals surface area (Å²) in [5.41, 5.74) is 2.73. The molecule has 0 bridgehead atoms. The molecule has 0 aliphatic rings. The van der Waals surface area contributed by atoms with Gasteiger partial charge < -0.3 is 4.74 Å². The lowest BCUT2D eigenvalue weighted by molar-refractivity contribution is -0.139. The van der Waals surface area contributed by atoms with E-state index in [0.717, 1.165) is 12.0 Å². The number of allylic oxidation sites excluding steroid dienone is 2. The Bertz CT molecular complexity index is 307. The molecule has 2 nitrogen and oxygen atoms in total. The van der Waals surface area contributed by atoms with Gasteiger partial charge in [-0.3, -0.25) is 0 Å². The lowest BCUT2D eigenvalue weighted by Gasteiger charge is -2.15. The maximum absolute atomic E-state index is 11.2. The standard InChI is InChI=1S/C14H22O2/c1-10(2)7-8-13(11(3)4)9-16-14(15)12(5)6/h7,13H,3,5,8-9H2,1-2,4,6H3. The predicted molar refractivity (Wildman–Crippen MR) is 68.1 cm³/mol. The molecule has 2 heteroatoms. The van der Waals surface area contributed by atoms with E-state index in [2.05, 4.69) is 33.1 Å².